The summed E-state index contributed by atoms with van der Waals surface area (Å²) in [5.41, 5.74) is 2.00. The standard InChI is InChI=1S/C10H9NO3/c1-6-5-11-9-4-7(14-10(12)13)2-3-8(6)9/h2-5,11H,1H3,(H,12,13). The van der Waals surface area contributed by atoms with Gasteiger partial charge in [0, 0.05) is 23.2 Å². The van der Waals surface area contributed by atoms with E-state index in [9.17, 15) is 4.79 Å². The summed E-state index contributed by atoms with van der Waals surface area (Å²) >= 11 is 0. The Morgan fingerprint density at radius 1 is 1.50 bits per heavy atom. The molecule has 1 aromatic heterocycles. The molecule has 0 radical (unpaired) electrons. The van der Waals surface area contributed by atoms with Gasteiger partial charge in [0.1, 0.15) is 5.75 Å². The van der Waals surface area contributed by atoms with Crippen LogP contribution in [0.4, 0.5) is 4.79 Å². The summed E-state index contributed by atoms with van der Waals surface area (Å²) in [6, 6.07) is 5.13. The summed E-state index contributed by atoms with van der Waals surface area (Å²) in [5.74, 6) is 0.326. The van der Waals surface area contributed by atoms with Crippen LogP contribution in [0.25, 0.3) is 10.9 Å². The minimum Gasteiger partial charge on any atom is -0.449 e. The zero-order valence-corrected chi connectivity index (χ0v) is 7.57. The minimum atomic E-state index is -1.30. The lowest BCUT2D eigenvalue weighted by atomic mass is 10.2. The van der Waals surface area contributed by atoms with E-state index >= 15 is 0 Å². The van der Waals surface area contributed by atoms with Crippen LogP contribution in [-0.4, -0.2) is 16.2 Å². The highest BCUT2D eigenvalue weighted by atomic mass is 16.7. The second-order valence-corrected chi connectivity index (χ2v) is 3.05. The van der Waals surface area contributed by atoms with Crippen LogP contribution in [0.1, 0.15) is 5.56 Å². The van der Waals surface area contributed by atoms with Gasteiger partial charge in [-0.15, -0.1) is 0 Å². The lowest BCUT2D eigenvalue weighted by Gasteiger charge is -1.99. The van der Waals surface area contributed by atoms with E-state index in [1.54, 1.807) is 12.1 Å². The third kappa shape index (κ3) is 1.42. The zero-order chi connectivity index (χ0) is 10.1. The van der Waals surface area contributed by atoms with Gasteiger partial charge in [-0.3, -0.25) is 0 Å². The number of fused-ring (bicyclic) bond motifs is 1. The highest BCUT2D eigenvalue weighted by molar-refractivity contribution is 5.84. The van der Waals surface area contributed by atoms with Crippen LogP contribution in [0.3, 0.4) is 0 Å². The fraction of sp³-hybridized carbons (Fsp3) is 0.100. The molecule has 0 aliphatic rings. The van der Waals surface area contributed by atoms with Crippen molar-refractivity contribution in [2.24, 2.45) is 0 Å². The summed E-state index contributed by atoms with van der Waals surface area (Å²) < 4.78 is 4.53. The lowest BCUT2D eigenvalue weighted by molar-refractivity contribution is 0.144. The molecule has 0 spiro atoms. The van der Waals surface area contributed by atoms with Crippen molar-refractivity contribution in [3.05, 3.63) is 30.0 Å². The van der Waals surface area contributed by atoms with Gasteiger partial charge in [-0.2, -0.15) is 0 Å². The third-order valence-corrected chi connectivity index (χ3v) is 2.07. The molecular weight excluding hydrogens is 182 g/mol. The summed E-state index contributed by atoms with van der Waals surface area (Å²) in [5, 5.41) is 9.48. The molecule has 2 rings (SSSR count). The maximum Gasteiger partial charge on any atom is 0.511 e. The Bertz CT molecular complexity index is 487. The van der Waals surface area contributed by atoms with Crippen molar-refractivity contribution >= 4 is 17.1 Å². The number of benzene rings is 1. The molecule has 72 valence electrons. The molecule has 14 heavy (non-hydrogen) atoms. The van der Waals surface area contributed by atoms with Gasteiger partial charge in [-0.25, -0.2) is 4.79 Å². The molecule has 0 atom stereocenters. The van der Waals surface area contributed by atoms with Gasteiger partial charge < -0.3 is 14.8 Å². The second kappa shape index (κ2) is 3.06. The normalized spacial score (nSPS) is 10.4. The Morgan fingerprint density at radius 3 is 3.00 bits per heavy atom. The third-order valence-electron chi connectivity index (χ3n) is 2.07. The number of nitrogens with one attached hydrogen (secondary N) is 1. The van der Waals surface area contributed by atoms with Crippen LogP contribution >= 0.6 is 0 Å². The number of rotatable bonds is 1. The number of hydrogen-bond donors (Lipinski definition) is 2. The van der Waals surface area contributed by atoms with Crippen molar-refractivity contribution in [1.82, 2.24) is 4.98 Å². The SMILES string of the molecule is Cc1c[nH]c2cc(OC(=O)O)ccc12. The van der Waals surface area contributed by atoms with Crippen molar-refractivity contribution in [1.29, 1.82) is 0 Å². The van der Waals surface area contributed by atoms with E-state index < -0.39 is 6.16 Å². The number of hydrogen-bond acceptors (Lipinski definition) is 2. The van der Waals surface area contributed by atoms with Gasteiger partial charge in [0.15, 0.2) is 0 Å². The first-order valence-corrected chi connectivity index (χ1v) is 4.15. The van der Waals surface area contributed by atoms with E-state index in [0.717, 1.165) is 16.5 Å². The van der Waals surface area contributed by atoms with Crippen LogP contribution in [0.15, 0.2) is 24.4 Å². The molecule has 0 amide bonds. The smallest absolute Gasteiger partial charge is 0.449 e. The van der Waals surface area contributed by atoms with Crippen molar-refractivity contribution in [3.63, 3.8) is 0 Å². The molecule has 0 aliphatic carbocycles. The average Bonchev–Trinajstić information content (AvgIpc) is 2.46. The summed E-state index contributed by atoms with van der Waals surface area (Å²) in [6.45, 7) is 1.98. The van der Waals surface area contributed by atoms with E-state index in [4.69, 9.17) is 5.11 Å². The van der Waals surface area contributed by atoms with Crippen molar-refractivity contribution in [2.45, 2.75) is 6.92 Å². The summed E-state index contributed by atoms with van der Waals surface area (Å²) in [7, 11) is 0. The Hall–Kier alpha value is -1.97. The van der Waals surface area contributed by atoms with E-state index in [-0.39, 0.29) is 0 Å². The summed E-state index contributed by atoms with van der Waals surface area (Å²) in [6.07, 6.45) is 0.572. The minimum absolute atomic E-state index is 0.326. The second-order valence-electron chi connectivity index (χ2n) is 3.05. The van der Waals surface area contributed by atoms with E-state index in [1.807, 2.05) is 19.2 Å². The number of ether oxygens (including phenoxy) is 1. The molecule has 0 saturated heterocycles. The number of carboxylic acid groups (broad SMARTS) is 1. The quantitative estimate of drug-likeness (QED) is 0.537. The number of aromatic amines is 1. The number of carbonyl (C=O) groups is 1. The van der Waals surface area contributed by atoms with Crippen LogP contribution in [0, 0.1) is 6.92 Å². The maximum atomic E-state index is 10.3. The number of aromatic nitrogens is 1. The Balaban J connectivity index is 2.46. The number of aryl methyl sites for hydroxylation is 1. The van der Waals surface area contributed by atoms with E-state index in [1.165, 1.54) is 0 Å². The predicted octanol–water partition coefficient (Wildman–Crippen LogP) is 2.53. The van der Waals surface area contributed by atoms with Crippen LogP contribution in [0.5, 0.6) is 5.75 Å². The number of H-pyrrole nitrogens is 1. The van der Waals surface area contributed by atoms with Crippen LogP contribution < -0.4 is 4.74 Å². The van der Waals surface area contributed by atoms with Gasteiger partial charge in [0.25, 0.3) is 0 Å². The first-order valence-electron chi connectivity index (χ1n) is 4.15. The van der Waals surface area contributed by atoms with E-state index in [2.05, 4.69) is 9.72 Å². The lowest BCUT2D eigenvalue weighted by Crippen LogP contribution is -2.02. The molecular formula is C10H9NO3. The Morgan fingerprint density at radius 2 is 2.29 bits per heavy atom. The average molecular weight is 191 g/mol. The van der Waals surface area contributed by atoms with Crippen molar-refractivity contribution < 1.29 is 14.6 Å². The van der Waals surface area contributed by atoms with Gasteiger partial charge in [0.05, 0.1) is 0 Å². The topological polar surface area (TPSA) is 62.3 Å². The highest BCUT2D eigenvalue weighted by Gasteiger charge is 2.04. The molecule has 0 unspecified atom stereocenters. The van der Waals surface area contributed by atoms with Gasteiger partial charge in [-0.1, -0.05) is 0 Å². The van der Waals surface area contributed by atoms with Crippen LogP contribution in [0.2, 0.25) is 0 Å². The first-order chi connectivity index (χ1) is 6.66. The molecule has 4 nitrogen and oxygen atoms in total. The van der Waals surface area contributed by atoms with Gasteiger partial charge in [0.2, 0.25) is 0 Å². The molecule has 0 bridgehead atoms. The van der Waals surface area contributed by atoms with E-state index in [0.29, 0.717) is 5.75 Å². The maximum absolute atomic E-state index is 10.3. The molecule has 0 saturated carbocycles. The Labute approximate surface area is 80.1 Å². The molecule has 4 heteroatoms. The van der Waals surface area contributed by atoms with Crippen molar-refractivity contribution in [2.75, 3.05) is 0 Å². The zero-order valence-electron chi connectivity index (χ0n) is 7.57. The monoisotopic (exact) mass is 191 g/mol. The Kier molecular flexibility index (Phi) is 1.89. The molecule has 1 aromatic carbocycles. The fourth-order valence-electron chi connectivity index (χ4n) is 1.41. The van der Waals surface area contributed by atoms with Crippen LogP contribution in [-0.2, 0) is 0 Å². The molecule has 0 aliphatic heterocycles. The molecule has 0 fully saturated rings. The molecule has 2 aromatic rings. The first kappa shape index (κ1) is 8.62. The highest BCUT2D eigenvalue weighted by Crippen LogP contribution is 2.22. The van der Waals surface area contributed by atoms with Crippen molar-refractivity contribution in [3.8, 4) is 5.75 Å². The van der Waals surface area contributed by atoms with Gasteiger partial charge in [-0.05, 0) is 24.6 Å². The molecule has 1 heterocycles. The predicted molar refractivity (Wildman–Crippen MR) is 51.7 cm³/mol. The van der Waals surface area contributed by atoms with Gasteiger partial charge >= 0.3 is 6.16 Å². The largest absolute Gasteiger partial charge is 0.511 e. The fourth-order valence-corrected chi connectivity index (χ4v) is 1.41. The summed E-state index contributed by atoms with van der Waals surface area (Å²) in [4.78, 5) is 13.3. The molecule has 2 N–H and O–H groups in total.